The summed E-state index contributed by atoms with van der Waals surface area (Å²) < 4.78 is 11.6. The van der Waals surface area contributed by atoms with Crippen LogP contribution in [0.4, 0.5) is 0 Å². The molecule has 76 valence electrons. The first-order valence-electron chi connectivity index (χ1n) is 5.23. The topological polar surface area (TPSA) is 18.5 Å². The fourth-order valence-electron chi connectivity index (χ4n) is 2.43. The molecule has 2 rings (SSSR count). The zero-order valence-electron chi connectivity index (χ0n) is 9.04. The standard InChI is InChI=1S/C11H20O2/c1-7-5-12-10-8(11(2,3)4)6-13-9(7)10/h7-10H,5-6H2,1-4H3/t7-,8?,9-,10-/m1/s1. The van der Waals surface area contributed by atoms with Crippen molar-refractivity contribution in [3.63, 3.8) is 0 Å². The molecule has 0 aromatic rings. The van der Waals surface area contributed by atoms with Crippen LogP contribution in [-0.2, 0) is 9.47 Å². The molecule has 0 radical (unpaired) electrons. The highest BCUT2D eigenvalue weighted by Crippen LogP contribution is 2.42. The summed E-state index contributed by atoms with van der Waals surface area (Å²) in [4.78, 5) is 0. The fourth-order valence-corrected chi connectivity index (χ4v) is 2.43. The monoisotopic (exact) mass is 184 g/mol. The molecule has 2 heteroatoms. The van der Waals surface area contributed by atoms with E-state index in [9.17, 15) is 0 Å². The highest BCUT2D eigenvalue weighted by atomic mass is 16.6. The van der Waals surface area contributed by atoms with E-state index >= 15 is 0 Å². The zero-order valence-corrected chi connectivity index (χ0v) is 9.04. The molecule has 0 spiro atoms. The minimum atomic E-state index is 0.309. The van der Waals surface area contributed by atoms with Crippen molar-refractivity contribution in [1.29, 1.82) is 0 Å². The smallest absolute Gasteiger partial charge is 0.0895 e. The van der Waals surface area contributed by atoms with E-state index in [0.717, 1.165) is 13.2 Å². The summed E-state index contributed by atoms with van der Waals surface area (Å²) in [5, 5.41) is 0. The molecule has 2 aliphatic heterocycles. The van der Waals surface area contributed by atoms with E-state index in [0.29, 0.717) is 29.5 Å². The number of ether oxygens (including phenoxy) is 2. The summed E-state index contributed by atoms with van der Waals surface area (Å²) in [6, 6.07) is 0. The Bertz CT molecular complexity index is 195. The van der Waals surface area contributed by atoms with Crippen LogP contribution in [0.25, 0.3) is 0 Å². The summed E-state index contributed by atoms with van der Waals surface area (Å²) in [6.45, 7) is 10.8. The minimum absolute atomic E-state index is 0.309. The van der Waals surface area contributed by atoms with Gasteiger partial charge in [0.1, 0.15) is 0 Å². The van der Waals surface area contributed by atoms with Crippen molar-refractivity contribution in [2.45, 2.75) is 39.9 Å². The van der Waals surface area contributed by atoms with E-state index in [4.69, 9.17) is 9.47 Å². The summed E-state index contributed by atoms with van der Waals surface area (Å²) in [7, 11) is 0. The van der Waals surface area contributed by atoms with Gasteiger partial charge in [-0.1, -0.05) is 27.7 Å². The van der Waals surface area contributed by atoms with Crippen molar-refractivity contribution in [1.82, 2.24) is 0 Å². The molecule has 0 aromatic carbocycles. The molecule has 2 aliphatic rings. The van der Waals surface area contributed by atoms with Crippen LogP contribution >= 0.6 is 0 Å². The zero-order chi connectivity index (χ0) is 9.64. The maximum atomic E-state index is 5.80. The third kappa shape index (κ3) is 1.50. The maximum Gasteiger partial charge on any atom is 0.0895 e. The molecule has 13 heavy (non-hydrogen) atoms. The van der Waals surface area contributed by atoms with Crippen LogP contribution in [0, 0.1) is 17.3 Å². The molecule has 1 unspecified atom stereocenters. The van der Waals surface area contributed by atoms with Gasteiger partial charge in [-0.05, 0) is 5.41 Å². The van der Waals surface area contributed by atoms with Crippen molar-refractivity contribution in [3.05, 3.63) is 0 Å². The molecule has 0 bridgehead atoms. The predicted octanol–water partition coefficient (Wildman–Crippen LogP) is 2.08. The molecule has 4 atom stereocenters. The van der Waals surface area contributed by atoms with Gasteiger partial charge in [-0.2, -0.15) is 0 Å². The third-order valence-electron chi connectivity index (χ3n) is 3.41. The lowest BCUT2D eigenvalue weighted by Gasteiger charge is -2.29. The van der Waals surface area contributed by atoms with Crippen LogP contribution in [0.1, 0.15) is 27.7 Å². The molecule has 0 amide bonds. The lowest BCUT2D eigenvalue weighted by molar-refractivity contribution is 0.0338. The van der Waals surface area contributed by atoms with E-state index in [1.165, 1.54) is 0 Å². The highest BCUT2D eigenvalue weighted by molar-refractivity contribution is 4.96. The van der Waals surface area contributed by atoms with Gasteiger partial charge in [-0.25, -0.2) is 0 Å². The van der Waals surface area contributed by atoms with E-state index in [1.807, 2.05) is 0 Å². The molecule has 0 saturated carbocycles. The molecule has 2 heterocycles. The first-order valence-corrected chi connectivity index (χ1v) is 5.23. The van der Waals surface area contributed by atoms with Gasteiger partial charge in [0, 0.05) is 11.8 Å². The SMILES string of the molecule is C[C@@H]1CO[C@@H]2C(C(C)(C)C)CO[C@H]12. The minimum Gasteiger partial charge on any atom is -0.375 e. The van der Waals surface area contributed by atoms with Crippen molar-refractivity contribution in [3.8, 4) is 0 Å². The Balaban J connectivity index is 2.11. The summed E-state index contributed by atoms with van der Waals surface area (Å²) >= 11 is 0. The molecular formula is C11H20O2. The van der Waals surface area contributed by atoms with Gasteiger partial charge in [0.15, 0.2) is 0 Å². The fraction of sp³-hybridized carbons (Fsp3) is 1.00. The lowest BCUT2D eigenvalue weighted by Crippen LogP contribution is -2.33. The highest BCUT2D eigenvalue weighted by Gasteiger charge is 2.49. The second-order valence-corrected chi connectivity index (χ2v) is 5.55. The van der Waals surface area contributed by atoms with Crippen LogP contribution in [0.3, 0.4) is 0 Å². The molecule has 2 saturated heterocycles. The predicted molar refractivity (Wildman–Crippen MR) is 51.6 cm³/mol. The van der Waals surface area contributed by atoms with Crippen LogP contribution < -0.4 is 0 Å². The van der Waals surface area contributed by atoms with Crippen LogP contribution in [0.15, 0.2) is 0 Å². The second kappa shape index (κ2) is 2.96. The summed E-state index contributed by atoms with van der Waals surface area (Å²) in [6.07, 6.45) is 0.722. The largest absolute Gasteiger partial charge is 0.375 e. The van der Waals surface area contributed by atoms with E-state index in [-0.39, 0.29) is 0 Å². The van der Waals surface area contributed by atoms with Gasteiger partial charge in [0.25, 0.3) is 0 Å². The first kappa shape index (κ1) is 9.47. The molecule has 0 aliphatic carbocycles. The number of hydrogen-bond acceptors (Lipinski definition) is 2. The number of rotatable bonds is 0. The van der Waals surface area contributed by atoms with Crippen LogP contribution in [0.5, 0.6) is 0 Å². The number of fused-ring (bicyclic) bond motifs is 1. The Morgan fingerprint density at radius 3 is 2.23 bits per heavy atom. The van der Waals surface area contributed by atoms with Crippen LogP contribution in [-0.4, -0.2) is 25.4 Å². The Morgan fingerprint density at radius 2 is 1.62 bits per heavy atom. The molecule has 0 aromatic heterocycles. The van der Waals surface area contributed by atoms with Crippen molar-refractivity contribution in [2.24, 2.45) is 17.3 Å². The first-order chi connectivity index (χ1) is 6.00. The third-order valence-corrected chi connectivity index (χ3v) is 3.41. The average molecular weight is 184 g/mol. The molecular weight excluding hydrogens is 164 g/mol. The van der Waals surface area contributed by atoms with Gasteiger partial charge in [0.2, 0.25) is 0 Å². The Hall–Kier alpha value is -0.0800. The van der Waals surface area contributed by atoms with Crippen molar-refractivity contribution < 1.29 is 9.47 Å². The van der Waals surface area contributed by atoms with E-state index in [1.54, 1.807) is 0 Å². The van der Waals surface area contributed by atoms with Crippen molar-refractivity contribution in [2.75, 3.05) is 13.2 Å². The van der Waals surface area contributed by atoms with Crippen LogP contribution in [0.2, 0.25) is 0 Å². The van der Waals surface area contributed by atoms with Gasteiger partial charge >= 0.3 is 0 Å². The van der Waals surface area contributed by atoms with Gasteiger partial charge in [0.05, 0.1) is 25.4 Å². The molecule has 0 N–H and O–H groups in total. The van der Waals surface area contributed by atoms with E-state index < -0.39 is 0 Å². The quantitative estimate of drug-likeness (QED) is 0.574. The molecule has 2 fully saturated rings. The Labute approximate surface area is 80.6 Å². The van der Waals surface area contributed by atoms with Gasteiger partial charge in [-0.15, -0.1) is 0 Å². The van der Waals surface area contributed by atoms with Gasteiger partial charge in [-0.3, -0.25) is 0 Å². The Kier molecular flexibility index (Phi) is 2.16. The van der Waals surface area contributed by atoms with Gasteiger partial charge < -0.3 is 9.47 Å². The summed E-state index contributed by atoms with van der Waals surface area (Å²) in [5.41, 5.74) is 0.309. The second-order valence-electron chi connectivity index (χ2n) is 5.55. The average Bonchev–Trinajstić information content (AvgIpc) is 2.51. The van der Waals surface area contributed by atoms with Crippen molar-refractivity contribution >= 4 is 0 Å². The summed E-state index contributed by atoms with van der Waals surface area (Å²) in [5.74, 6) is 1.15. The maximum absolute atomic E-state index is 5.80. The normalized spacial score (nSPS) is 45.2. The molecule has 2 nitrogen and oxygen atoms in total. The van der Waals surface area contributed by atoms with E-state index in [2.05, 4.69) is 27.7 Å². The Morgan fingerprint density at radius 1 is 1.00 bits per heavy atom. The number of hydrogen-bond donors (Lipinski definition) is 0. The lowest BCUT2D eigenvalue weighted by atomic mass is 9.77.